The fraction of sp³-hybridized carbons (Fsp3) is 0.900. The molecule has 2 N–H and O–H groups in total. The van der Waals surface area contributed by atoms with Crippen molar-refractivity contribution in [3.05, 3.63) is 0 Å². The normalized spacial score (nSPS) is 13.6. The predicted octanol–water partition coefficient (Wildman–Crippen LogP) is 1.40. The van der Waals surface area contributed by atoms with Crippen molar-refractivity contribution in [1.82, 2.24) is 0 Å². The molecule has 0 bridgehead atoms. The van der Waals surface area contributed by atoms with Crippen molar-refractivity contribution >= 4 is 11.9 Å². The third kappa shape index (κ3) is 25.4. The van der Waals surface area contributed by atoms with Gasteiger partial charge in [0.15, 0.2) is 0 Å². The maximum atomic E-state index is 10.1. The average Bonchev–Trinajstić information content (AvgIpc) is 2.46. The van der Waals surface area contributed by atoms with Crippen molar-refractivity contribution in [1.29, 1.82) is 0 Å². The van der Waals surface area contributed by atoms with E-state index in [0.717, 1.165) is 38.5 Å². The molecule has 0 saturated carbocycles. The molecule has 7 heteroatoms. The van der Waals surface area contributed by atoms with Gasteiger partial charge in [0, 0.05) is 0 Å². The van der Waals surface area contributed by atoms with Crippen molar-refractivity contribution < 1.29 is 46.8 Å². The number of hydrogen-bond acceptors (Lipinski definition) is 6. The number of aliphatic carboxylic acids is 2. The number of aliphatic hydroxyl groups excluding tert-OH is 2. The summed E-state index contributed by atoms with van der Waals surface area (Å²) in [6.45, 7) is 12.8. The molecule has 0 aliphatic rings. The quantitative estimate of drug-likeness (QED) is 0.503. The van der Waals surface area contributed by atoms with Crippen LogP contribution in [0.15, 0.2) is 0 Å². The van der Waals surface area contributed by atoms with E-state index in [1.165, 1.54) is 0 Å². The molecule has 6 nitrogen and oxygen atoms in total. The maximum Gasteiger partial charge on any atom is 2.00 e. The number of carboxylic acids is 2. The van der Waals surface area contributed by atoms with Crippen LogP contribution in [0, 0.1) is 10.8 Å². The standard InChI is InChI=1S/2C10H20O3.Co/c2*1-10(2,3)7-5-4-6-8(11)9(12)13;/h2*8,11H,4-7H2,1-3H3,(H,12,13);/q;;+2/p-2. The van der Waals surface area contributed by atoms with Gasteiger partial charge >= 0.3 is 16.8 Å². The molecule has 0 fully saturated rings. The molecule has 0 saturated heterocycles. The second kappa shape index (κ2) is 15.3. The Labute approximate surface area is 174 Å². The fourth-order valence-electron chi connectivity index (χ4n) is 2.22. The van der Waals surface area contributed by atoms with E-state index in [1.54, 1.807) is 0 Å². The first-order chi connectivity index (χ1) is 11.7. The molecule has 0 aromatic heterocycles. The molecule has 1 radical (unpaired) electrons. The van der Waals surface area contributed by atoms with E-state index < -0.39 is 24.1 Å². The van der Waals surface area contributed by atoms with Crippen LogP contribution in [-0.4, -0.2) is 34.4 Å². The first-order valence-electron chi connectivity index (χ1n) is 9.43. The molecule has 27 heavy (non-hydrogen) atoms. The molecule has 0 aromatic carbocycles. The molecule has 0 aromatic rings. The second-order valence-corrected chi connectivity index (χ2v) is 9.28. The van der Waals surface area contributed by atoms with Gasteiger partial charge in [-0.15, -0.1) is 0 Å². The van der Waals surface area contributed by atoms with Gasteiger partial charge in [0.05, 0.1) is 24.1 Å². The molecular formula is C20H38CoO6. The molecule has 2 atom stereocenters. The van der Waals surface area contributed by atoms with Crippen LogP contribution in [0.4, 0.5) is 0 Å². The van der Waals surface area contributed by atoms with E-state index >= 15 is 0 Å². The number of hydrogen-bond donors (Lipinski definition) is 2. The van der Waals surface area contributed by atoms with E-state index in [9.17, 15) is 19.8 Å². The summed E-state index contributed by atoms with van der Waals surface area (Å²) in [6.07, 6.45) is 3.51. The maximum absolute atomic E-state index is 10.1. The number of rotatable bonds is 10. The SMILES string of the molecule is CC(C)(C)CCCCC(O)C(=O)[O-].CC(C)(C)CCCCC(O)C(=O)[O-].[Co+2]. The number of carbonyl (C=O) groups excluding carboxylic acids is 2. The van der Waals surface area contributed by atoms with E-state index in [0.29, 0.717) is 12.8 Å². The average molecular weight is 433 g/mol. The number of carboxylic acid groups (broad SMARTS) is 2. The third-order valence-corrected chi connectivity index (χ3v) is 3.85. The number of unbranched alkanes of at least 4 members (excludes halogenated alkanes) is 2. The van der Waals surface area contributed by atoms with Gasteiger partial charge in [-0.3, -0.25) is 0 Å². The molecule has 0 heterocycles. The topological polar surface area (TPSA) is 121 Å². The van der Waals surface area contributed by atoms with Gasteiger partial charge in [-0.25, -0.2) is 0 Å². The molecule has 0 aliphatic heterocycles. The Morgan fingerprint density at radius 3 is 1.15 bits per heavy atom. The molecule has 0 spiro atoms. The van der Waals surface area contributed by atoms with E-state index in [4.69, 9.17) is 10.2 Å². The van der Waals surface area contributed by atoms with Crippen molar-refractivity contribution in [3.63, 3.8) is 0 Å². The Morgan fingerprint density at radius 2 is 0.963 bits per heavy atom. The summed E-state index contributed by atoms with van der Waals surface area (Å²) in [4.78, 5) is 20.3. The molecule has 0 rings (SSSR count). The van der Waals surface area contributed by atoms with E-state index in [1.807, 2.05) is 0 Å². The molecular weight excluding hydrogens is 395 g/mol. The van der Waals surface area contributed by atoms with Crippen LogP contribution in [0.2, 0.25) is 0 Å². The minimum absolute atomic E-state index is 0. The summed E-state index contributed by atoms with van der Waals surface area (Å²) in [6, 6.07) is 0. The summed E-state index contributed by atoms with van der Waals surface area (Å²) in [5.41, 5.74) is 0.568. The minimum Gasteiger partial charge on any atom is -0.547 e. The Bertz CT molecular complexity index is 360. The van der Waals surface area contributed by atoms with Crippen molar-refractivity contribution in [3.8, 4) is 0 Å². The number of carbonyl (C=O) groups is 2. The largest absolute Gasteiger partial charge is 2.00 e. The van der Waals surface area contributed by atoms with Gasteiger partial charge in [0.1, 0.15) is 0 Å². The van der Waals surface area contributed by atoms with Crippen LogP contribution in [-0.2, 0) is 26.4 Å². The zero-order valence-corrected chi connectivity index (χ0v) is 18.7. The van der Waals surface area contributed by atoms with Crippen LogP contribution in [0.5, 0.6) is 0 Å². The van der Waals surface area contributed by atoms with Gasteiger partial charge in [0.2, 0.25) is 0 Å². The Morgan fingerprint density at radius 1 is 0.704 bits per heavy atom. The Balaban J connectivity index is -0.000000411. The second-order valence-electron chi connectivity index (χ2n) is 9.28. The summed E-state index contributed by atoms with van der Waals surface area (Å²) >= 11 is 0. The van der Waals surface area contributed by atoms with Gasteiger partial charge in [-0.1, -0.05) is 67.2 Å². The van der Waals surface area contributed by atoms with Gasteiger partial charge in [-0.05, 0) is 36.5 Å². The summed E-state index contributed by atoms with van der Waals surface area (Å²) in [5, 5.41) is 38.0. The third-order valence-electron chi connectivity index (χ3n) is 3.85. The van der Waals surface area contributed by atoms with Crippen LogP contribution < -0.4 is 10.2 Å². The first kappa shape index (κ1) is 31.1. The molecule has 0 aliphatic carbocycles. The molecule has 0 amide bonds. The first-order valence-corrected chi connectivity index (χ1v) is 9.43. The van der Waals surface area contributed by atoms with E-state index in [-0.39, 0.29) is 27.6 Å². The summed E-state index contributed by atoms with van der Waals surface area (Å²) in [7, 11) is 0. The van der Waals surface area contributed by atoms with Crippen LogP contribution in [0.3, 0.4) is 0 Å². The van der Waals surface area contributed by atoms with Crippen molar-refractivity contribution in [2.45, 2.75) is 105 Å². The predicted molar refractivity (Wildman–Crippen MR) is 97.9 cm³/mol. The Hall–Kier alpha value is -0.634. The zero-order chi connectivity index (χ0) is 21.0. The van der Waals surface area contributed by atoms with Crippen molar-refractivity contribution in [2.75, 3.05) is 0 Å². The van der Waals surface area contributed by atoms with Gasteiger partial charge in [0.25, 0.3) is 0 Å². The molecule has 163 valence electrons. The number of aliphatic hydroxyl groups is 2. The van der Waals surface area contributed by atoms with Crippen molar-refractivity contribution in [2.24, 2.45) is 10.8 Å². The van der Waals surface area contributed by atoms with Gasteiger partial charge in [-0.2, -0.15) is 0 Å². The smallest absolute Gasteiger partial charge is 0.547 e. The summed E-state index contributed by atoms with van der Waals surface area (Å²) < 4.78 is 0. The van der Waals surface area contributed by atoms with E-state index in [2.05, 4.69) is 41.5 Å². The fourth-order valence-corrected chi connectivity index (χ4v) is 2.22. The summed E-state index contributed by atoms with van der Waals surface area (Å²) in [5.74, 6) is -2.73. The van der Waals surface area contributed by atoms with Crippen LogP contribution in [0.25, 0.3) is 0 Å². The molecule has 2 unspecified atom stereocenters. The monoisotopic (exact) mass is 433 g/mol. The van der Waals surface area contributed by atoms with Gasteiger partial charge < -0.3 is 30.0 Å². The zero-order valence-electron chi connectivity index (χ0n) is 17.7. The van der Waals surface area contributed by atoms with Crippen LogP contribution in [0.1, 0.15) is 92.9 Å². The Kier molecular flexibility index (Phi) is 17.6. The van der Waals surface area contributed by atoms with Crippen LogP contribution >= 0.6 is 0 Å². The minimum atomic E-state index is -1.37.